The normalized spacial score (nSPS) is 26.3. The Morgan fingerprint density at radius 1 is 1.20 bits per heavy atom. The van der Waals surface area contributed by atoms with Gasteiger partial charge in [0.1, 0.15) is 5.54 Å². The van der Waals surface area contributed by atoms with E-state index in [9.17, 15) is 14.7 Å². The van der Waals surface area contributed by atoms with Crippen LogP contribution < -0.4 is 10.6 Å². The molecule has 0 spiro atoms. The summed E-state index contributed by atoms with van der Waals surface area (Å²) >= 11 is 0. The fourth-order valence-corrected chi connectivity index (χ4v) is 3.23. The lowest BCUT2D eigenvalue weighted by Gasteiger charge is -2.29. The number of hydrogen-bond acceptors (Lipinski definition) is 2. The topological polar surface area (TPSA) is 78.4 Å². The van der Waals surface area contributed by atoms with Crippen LogP contribution in [-0.2, 0) is 4.79 Å². The molecule has 0 aromatic heterocycles. The molecule has 3 atom stereocenters. The lowest BCUT2D eigenvalue weighted by atomic mass is 9.92. The third-order valence-corrected chi connectivity index (χ3v) is 5.04. The van der Waals surface area contributed by atoms with Crippen LogP contribution in [0.15, 0.2) is 0 Å². The molecule has 1 fully saturated rings. The number of carbonyl (C=O) groups is 2. The molecule has 0 saturated heterocycles. The maximum atomic E-state index is 12.1. The molecule has 0 aromatic rings. The quantitative estimate of drug-likeness (QED) is 0.701. The summed E-state index contributed by atoms with van der Waals surface area (Å²) in [5.41, 5.74) is -1.16. The Morgan fingerprint density at radius 2 is 1.80 bits per heavy atom. The summed E-state index contributed by atoms with van der Waals surface area (Å²) in [5.74, 6) is 0.138. The van der Waals surface area contributed by atoms with Gasteiger partial charge in [0, 0.05) is 6.04 Å². The van der Waals surface area contributed by atoms with Crippen LogP contribution in [0, 0.1) is 11.8 Å². The van der Waals surface area contributed by atoms with E-state index in [1.165, 1.54) is 0 Å². The SMILES string of the molecule is CCC1CCC(NC(=O)NC(CC)(CC)C(=O)O)C1C. The first-order chi connectivity index (χ1) is 9.40. The second kappa shape index (κ2) is 6.95. The molecule has 1 aliphatic rings. The Hall–Kier alpha value is -1.26. The van der Waals surface area contributed by atoms with Gasteiger partial charge in [0.05, 0.1) is 0 Å². The molecule has 0 bridgehead atoms. The number of aliphatic carboxylic acids is 1. The van der Waals surface area contributed by atoms with Gasteiger partial charge in [-0.25, -0.2) is 9.59 Å². The van der Waals surface area contributed by atoms with E-state index >= 15 is 0 Å². The van der Waals surface area contributed by atoms with Gasteiger partial charge in [-0.2, -0.15) is 0 Å². The van der Waals surface area contributed by atoms with Crippen LogP contribution >= 0.6 is 0 Å². The molecule has 20 heavy (non-hydrogen) atoms. The summed E-state index contributed by atoms with van der Waals surface area (Å²) in [6.45, 7) is 7.90. The zero-order chi connectivity index (χ0) is 15.3. The smallest absolute Gasteiger partial charge is 0.329 e. The molecule has 5 nitrogen and oxygen atoms in total. The molecule has 2 amide bonds. The van der Waals surface area contributed by atoms with Gasteiger partial charge in [0.15, 0.2) is 0 Å². The minimum absolute atomic E-state index is 0.153. The first-order valence-corrected chi connectivity index (χ1v) is 7.72. The van der Waals surface area contributed by atoms with Crippen LogP contribution in [-0.4, -0.2) is 28.7 Å². The van der Waals surface area contributed by atoms with Crippen LogP contribution in [0.3, 0.4) is 0 Å². The summed E-state index contributed by atoms with van der Waals surface area (Å²) in [4.78, 5) is 23.5. The van der Waals surface area contributed by atoms with Crippen LogP contribution in [0.5, 0.6) is 0 Å². The Kier molecular flexibility index (Phi) is 5.84. The van der Waals surface area contributed by atoms with Gasteiger partial charge in [0.2, 0.25) is 0 Å². The lowest BCUT2D eigenvalue weighted by Crippen LogP contribution is -2.58. The number of nitrogens with one attached hydrogen (secondary N) is 2. The molecule has 1 aliphatic carbocycles. The van der Waals surface area contributed by atoms with Crippen molar-refractivity contribution >= 4 is 12.0 Å². The molecule has 3 unspecified atom stereocenters. The first-order valence-electron chi connectivity index (χ1n) is 7.72. The third-order valence-electron chi connectivity index (χ3n) is 5.04. The highest BCUT2D eigenvalue weighted by molar-refractivity contribution is 5.86. The zero-order valence-corrected chi connectivity index (χ0v) is 13.0. The molecule has 0 aliphatic heterocycles. The molecular formula is C15H28N2O3. The Balaban J connectivity index is 2.61. The molecule has 0 radical (unpaired) electrons. The van der Waals surface area contributed by atoms with Gasteiger partial charge in [-0.3, -0.25) is 0 Å². The summed E-state index contributed by atoms with van der Waals surface area (Å²) in [5, 5.41) is 14.9. The van der Waals surface area contributed by atoms with E-state index in [0.29, 0.717) is 24.7 Å². The van der Waals surface area contributed by atoms with Gasteiger partial charge >= 0.3 is 12.0 Å². The Bertz CT molecular complexity index is 353. The van der Waals surface area contributed by atoms with E-state index in [0.717, 1.165) is 19.3 Å². The minimum Gasteiger partial charge on any atom is -0.480 e. The van der Waals surface area contributed by atoms with Crippen molar-refractivity contribution in [2.45, 2.75) is 71.4 Å². The van der Waals surface area contributed by atoms with Crippen molar-refractivity contribution in [3.63, 3.8) is 0 Å². The second-order valence-electron chi connectivity index (χ2n) is 5.90. The average molecular weight is 284 g/mol. The molecule has 3 N–H and O–H groups in total. The van der Waals surface area contributed by atoms with Crippen LogP contribution in [0.2, 0.25) is 0 Å². The van der Waals surface area contributed by atoms with Crippen molar-refractivity contribution in [2.24, 2.45) is 11.8 Å². The Labute approximate surface area is 121 Å². The van der Waals surface area contributed by atoms with Crippen molar-refractivity contribution in [3.8, 4) is 0 Å². The van der Waals surface area contributed by atoms with E-state index in [1.54, 1.807) is 13.8 Å². The van der Waals surface area contributed by atoms with Gasteiger partial charge in [-0.1, -0.05) is 34.1 Å². The first kappa shape index (κ1) is 16.8. The summed E-state index contributed by atoms with van der Waals surface area (Å²) < 4.78 is 0. The largest absolute Gasteiger partial charge is 0.480 e. The van der Waals surface area contributed by atoms with Crippen molar-refractivity contribution in [1.82, 2.24) is 10.6 Å². The fourth-order valence-electron chi connectivity index (χ4n) is 3.23. The van der Waals surface area contributed by atoms with Gasteiger partial charge in [-0.05, 0) is 37.5 Å². The number of carbonyl (C=O) groups excluding carboxylic acids is 1. The molecular weight excluding hydrogens is 256 g/mol. The van der Waals surface area contributed by atoms with Crippen molar-refractivity contribution < 1.29 is 14.7 Å². The number of carboxylic acid groups (broad SMARTS) is 1. The van der Waals surface area contributed by atoms with Crippen molar-refractivity contribution in [1.29, 1.82) is 0 Å². The minimum atomic E-state index is -1.16. The van der Waals surface area contributed by atoms with Crippen LogP contribution in [0.25, 0.3) is 0 Å². The van der Waals surface area contributed by atoms with Gasteiger partial charge in [0.25, 0.3) is 0 Å². The van der Waals surface area contributed by atoms with Gasteiger partial charge in [-0.15, -0.1) is 0 Å². The highest BCUT2D eigenvalue weighted by Gasteiger charge is 2.38. The molecule has 1 rings (SSSR count). The van der Waals surface area contributed by atoms with E-state index < -0.39 is 11.5 Å². The number of hydrogen-bond donors (Lipinski definition) is 3. The lowest BCUT2D eigenvalue weighted by molar-refractivity contribution is -0.144. The van der Waals surface area contributed by atoms with Gasteiger partial charge < -0.3 is 15.7 Å². The molecule has 116 valence electrons. The second-order valence-corrected chi connectivity index (χ2v) is 5.90. The molecule has 0 aromatic carbocycles. The highest BCUT2D eigenvalue weighted by Crippen LogP contribution is 2.33. The van der Waals surface area contributed by atoms with E-state index in [1.807, 2.05) is 0 Å². The monoisotopic (exact) mass is 284 g/mol. The predicted molar refractivity (Wildman–Crippen MR) is 78.6 cm³/mol. The summed E-state index contributed by atoms with van der Waals surface area (Å²) in [7, 11) is 0. The zero-order valence-electron chi connectivity index (χ0n) is 13.0. The molecule has 0 heterocycles. The summed E-state index contributed by atoms with van der Waals surface area (Å²) in [6, 6.07) is -0.204. The van der Waals surface area contributed by atoms with Crippen LogP contribution in [0.1, 0.15) is 59.8 Å². The van der Waals surface area contributed by atoms with E-state index in [-0.39, 0.29) is 12.1 Å². The van der Waals surface area contributed by atoms with Crippen LogP contribution in [0.4, 0.5) is 4.79 Å². The Morgan fingerprint density at radius 3 is 2.20 bits per heavy atom. The van der Waals surface area contributed by atoms with E-state index in [2.05, 4.69) is 24.5 Å². The maximum Gasteiger partial charge on any atom is 0.329 e. The average Bonchev–Trinajstić information content (AvgIpc) is 2.76. The molecule has 5 heteroatoms. The third kappa shape index (κ3) is 3.44. The highest BCUT2D eigenvalue weighted by atomic mass is 16.4. The van der Waals surface area contributed by atoms with E-state index in [4.69, 9.17) is 0 Å². The molecule has 1 saturated carbocycles. The fraction of sp³-hybridized carbons (Fsp3) is 0.867. The van der Waals surface area contributed by atoms with Crippen molar-refractivity contribution in [2.75, 3.05) is 0 Å². The standard InChI is InChI=1S/C15H28N2O3/c1-5-11-8-9-12(10(11)4)16-14(20)17-15(6-2,7-3)13(18)19/h10-12H,5-9H2,1-4H3,(H,18,19)(H2,16,17,20). The van der Waals surface area contributed by atoms with Crippen molar-refractivity contribution in [3.05, 3.63) is 0 Å². The number of amides is 2. The number of urea groups is 1. The number of carboxylic acids is 1. The predicted octanol–water partition coefficient (Wildman–Crippen LogP) is 2.75. The summed E-state index contributed by atoms with van der Waals surface area (Å²) in [6.07, 6.45) is 4.00. The maximum absolute atomic E-state index is 12.1. The number of rotatable bonds is 6.